The average Bonchev–Trinajstić information content (AvgIpc) is 2.67. The van der Waals surface area contributed by atoms with E-state index < -0.39 is 0 Å². The zero-order chi connectivity index (χ0) is 17.5. The van der Waals surface area contributed by atoms with Gasteiger partial charge in [0.15, 0.2) is 10.9 Å². The maximum Gasteiger partial charge on any atom is 0.189 e. The molecule has 0 unspecified atom stereocenters. The van der Waals surface area contributed by atoms with Crippen molar-refractivity contribution in [1.82, 2.24) is 15.3 Å². The number of benzene rings is 1. The van der Waals surface area contributed by atoms with Crippen molar-refractivity contribution in [2.75, 3.05) is 26.3 Å². The lowest BCUT2D eigenvalue weighted by Crippen LogP contribution is -2.45. The Hall–Kier alpha value is -2.16. The van der Waals surface area contributed by atoms with Gasteiger partial charge in [0, 0.05) is 29.1 Å². The summed E-state index contributed by atoms with van der Waals surface area (Å²) in [4.78, 5) is 8.49. The lowest BCUT2D eigenvalue weighted by Gasteiger charge is -2.28. The highest BCUT2D eigenvalue weighted by molar-refractivity contribution is 7.99. The maximum absolute atomic E-state index is 6.05. The van der Waals surface area contributed by atoms with Crippen LogP contribution in [-0.2, 0) is 4.74 Å². The standard InChI is InChI=1S/C17H19N5OS2/c18-16(20-21-17(24)22-8-10-23-11-9-22)15-12-14(6-7-19-15)25-13-4-2-1-3-5-13/h1-7,12H,8-11H2,(H2,18,20)(H,21,24). The molecule has 0 saturated carbocycles. The van der Waals surface area contributed by atoms with Crippen LogP contribution in [-0.4, -0.2) is 47.1 Å². The van der Waals surface area contributed by atoms with E-state index in [1.54, 1.807) is 18.0 Å². The number of ether oxygens (including phenoxy) is 1. The number of hydrogen-bond acceptors (Lipinski definition) is 5. The largest absolute Gasteiger partial charge is 0.380 e. The number of rotatable bonds is 4. The fourth-order valence-electron chi connectivity index (χ4n) is 2.24. The zero-order valence-electron chi connectivity index (χ0n) is 13.6. The van der Waals surface area contributed by atoms with Crippen LogP contribution >= 0.6 is 24.0 Å². The second kappa shape index (κ2) is 8.80. The van der Waals surface area contributed by atoms with E-state index in [9.17, 15) is 0 Å². The summed E-state index contributed by atoms with van der Waals surface area (Å²) < 4.78 is 5.30. The van der Waals surface area contributed by atoms with Gasteiger partial charge in [-0.05, 0) is 36.5 Å². The lowest BCUT2D eigenvalue weighted by molar-refractivity contribution is 0.0677. The van der Waals surface area contributed by atoms with Crippen LogP contribution in [0.5, 0.6) is 0 Å². The monoisotopic (exact) mass is 373 g/mol. The smallest absolute Gasteiger partial charge is 0.189 e. The van der Waals surface area contributed by atoms with Crippen LogP contribution in [0.2, 0.25) is 0 Å². The molecule has 1 aliphatic heterocycles. The molecular formula is C17H19N5OS2. The molecule has 0 amide bonds. The third-order valence-electron chi connectivity index (χ3n) is 3.54. The van der Waals surface area contributed by atoms with Gasteiger partial charge in [-0.1, -0.05) is 30.0 Å². The van der Waals surface area contributed by atoms with Gasteiger partial charge in [0.25, 0.3) is 0 Å². The van der Waals surface area contributed by atoms with Gasteiger partial charge < -0.3 is 15.4 Å². The molecule has 130 valence electrons. The molecule has 1 fully saturated rings. The van der Waals surface area contributed by atoms with Crippen molar-refractivity contribution in [2.24, 2.45) is 10.8 Å². The molecule has 2 aromatic rings. The summed E-state index contributed by atoms with van der Waals surface area (Å²) in [7, 11) is 0. The molecular weight excluding hydrogens is 354 g/mol. The molecule has 1 aromatic carbocycles. The molecule has 3 rings (SSSR count). The third kappa shape index (κ3) is 5.15. The maximum atomic E-state index is 6.05. The molecule has 1 aliphatic rings. The van der Waals surface area contributed by atoms with Crippen molar-refractivity contribution in [2.45, 2.75) is 9.79 Å². The Kier molecular flexibility index (Phi) is 6.21. The van der Waals surface area contributed by atoms with Crippen LogP contribution in [0.3, 0.4) is 0 Å². The number of nitrogens with one attached hydrogen (secondary N) is 1. The van der Waals surface area contributed by atoms with Gasteiger partial charge >= 0.3 is 0 Å². The van der Waals surface area contributed by atoms with Crippen LogP contribution in [0.1, 0.15) is 5.69 Å². The van der Waals surface area contributed by atoms with Gasteiger partial charge in [-0.25, -0.2) is 0 Å². The van der Waals surface area contributed by atoms with Crippen molar-refractivity contribution >= 4 is 34.9 Å². The van der Waals surface area contributed by atoms with E-state index in [0.29, 0.717) is 29.9 Å². The van der Waals surface area contributed by atoms with E-state index >= 15 is 0 Å². The quantitative estimate of drug-likeness (QED) is 0.368. The van der Waals surface area contributed by atoms with Gasteiger partial charge in [-0.3, -0.25) is 10.4 Å². The summed E-state index contributed by atoms with van der Waals surface area (Å²) in [6, 6.07) is 14.0. The van der Waals surface area contributed by atoms with Crippen molar-refractivity contribution < 1.29 is 4.74 Å². The Bertz CT molecular complexity index is 748. The van der Waals surface area contributed by atoms with Crippen LogP contribution in [0.4, 0.5) is 0 Å². The van der Waals surface area contributed by atoms with Crippen molar-refractivity contribution in [3.05, 3.63) is 54.4 Å². The number of morpholine rings is 1. The van der Waals surface area contributed by atoms with Crippen molar-refractivity contribution in [3.8, 4) is 0 Å². The summed E-state index contributed by atoms with van der Waals surface area (Å²) in [6.07, 6.45) is 1.73. The number of hydrogen-bond donors (Lipinski definition) is 2. The Labute approximate surface area is 156 Å². The van der Waals surface area contributed by atoms with E-state index in [1.165, 1.54) is 0 Å². The predicted octanol–water partition coefficient (Wildman–Crippen LogP) is 2.06. The van der Waals surface area contributed by atoms with Crippen LogP contribution in [0.15, 0.2) is 63.6 Å². The van der Waals surface area contributed by atoms with Gasteiger partial charge in [0.2, 0.25) is 0 Å². The third-order valence-corrected chi connectivity index (χ3v) is 4.89. The average molecular weight is 374 g/mol. The first-order valence-corrected chi connectivity index (χ1v) is 9.10. The molecule has 25 heavy (non-hydrogen) atoms. The molecule has 0 radical (unpaired) electrons. The highest BCUT2D eigenvalue weighted by Crippen LogP contribution is 2.27. The van der Waals surface area contributed by atoms with E-state index in [2.05, 4.69) is 27.6 Å². The number of pyridine rings is 1. The number of hydrazone groups is 1. The number of amidine groups is 1. The van der Waals surface area contributed by atoms with E-state index in [4.69, 9.17) is 22.7 Å². The van der Waals surface area contributed by atoms with Crippen molar-refractivity contribution in [3.63, 3.8) is 0 Å². The first-order chi connectivity index (χ1) is 12.2. The molecule has 2 heterocycles. The lowest BCUT2D eigenvalue weighted by atomic mass is 10.3. The molecule has 0 aliphatic carbocycles. The first kappa shape index (κ1) is 17.7. The summed E-state index contributed by atoms with van der Waals surface area (Å²) in [5.74, 6) is 0.297. The van der Waals surface area contributed by atoms with Crippen LogP contribution < -0.4 is 11.2 Å². The molecule has 1 aromatic heterocycles. The van der Waals surface area contributed by atoms with E-state index in [0.717, 1.165) is 22.9 Å². The molecule has 6 nitrogen and oxygen atoms in total. The van der Waals surface area contributed by atoms with E-state index in [1.807, 2.05) is 35.2 Å². The predicted molar refractivity (Wildman–Crippen MR) is 104 cm³/mol. The van der Waals surface area contributed by atoms with Gasteiger partial charge in [-0.15, -0.1) is 0 Å². The molecule has 0 atom stereocenters. The topological polar surface area (TPSA) is 75.8 Å². The van der Waals surface area contributed by atoms with Gasteiger partial charge in [0.1, 0.15) is 5.69 Å². The highest BCUT2D eigenvalue weighted by atomic mass is 32.2. The Balaban J connectivity index is 1.64. The Morgan fingerprint density at radius 3 is 2.72 bits per heavy atom. The first-order valence-electron chi connectivity index (χ1n) is 7.87. The summed E-state index contributed by atoms with van der Waals surface area (Å²) in [6.45, 7) is 2.84. The second-order valence-electron chi connectivity index (χ2n) is 5.31. The molecule has 0 bridgehead atoms. The summed E-state index contributed by atoms with van der Waals surface area (Å²) in [5.41, 5.74) is 9.50. The number of aromatic nitrogens is 1. The zero-order valence-corrected chi connectivity index (χ0v) is 15.2. The van der Waals surface area contributed by atoms with Gasteiger partial charge in [-0.2, -0.15) is 5.10 Å². The minimum Gasteiger partial charge on any atom is -0.380 e. The van der Waals surface area contributed by atoms with Crippen LogP contribution in [0.25, 0.3) is 0 Å². The minimum atomic E-state index is 0.297. The Morgan fingerprint density at radius 1 is 1.20 bits per heavy atom. The van der Waals surface area contributed by atoms with Gasteiger partial charge in [0.05, 0.1) is 13.2 Å². The second-order valence-corrected chi connectivity index (χ2v) is 6.84. The molecule has 0 spiro atoms. The Morgan fingerprint density at radius 2 is 1.96 bits per heavy atom. The minimum absolute atomic E-state index is 0.297. The molecule has 3 N–H and O–H groups in total. The number of thiocarbonyl (C=S) groups is 1. The SMILES string of the molecule is NC(=NNC(=S)N1CCOCC1)c1cc(Sc2ccccc2)ccn1. The van der Waals surface area contributed by atoms with Crippen LogP contribution in [0, 0.1) is 0 Å². The highest BCUT2D eigenvalue weighted by Gasteiger charge is 2.13. The van der Waals surface area contributed by atoms with E-state index in [-0.39, 0.29) is 0 Å². The fourth-order valence-corrected chi connectivity index (χ4v) is 3.33. The number of nitrogens with two attached hydrogens (primary N) is 1. The number of nitrogens with zero attached hydrogens (tertiary/aromatic N) is 3. The molecule has 8 heteroatoms. The summed E-state index contributed by atoms with van der Waals surface area (Å²) in [5, 5.41) is 4.71. The fraction of sp³-hybridized carbons (Fsp3) is 0.235. The van der Waals surface area contributed by atoms with Crippen molar-refractivity contribution in [1.29, 1.82) is 0 Å². The molecule has 1 saturated heterocycles. The summed E-state index contributed by atoms with van der Waals surface area (Å²) >= 11 is 6.97. The normalized spacial score (nSPS) is 15.0.